The average Bonchev–Trinajstić information content (AvgIpc) is 3.95. The fourth-order valence-electron chi connectivity index (χ4n) is 7.35. The highest BCUT2D eigenvalue weighted by molar-refractivity contribution is 7.86. The van der Waals surface area contributed by atoms with E-state index in [0.717, 1.165) is 22.7 Å². The number of aromatic nitrogens is 5. The lowest BCUT2D eigenvalue weighted by Crippen LogP contribution is -2.16. The molecule has 8 rings (SSSR count). The van der Waals surface area contributed by atoms with Crippen molar-refractivity contribution in [2.75, 3.05) is 10.2 Å². The Bertz CT molecular complexity index is 4000. The summed E-state index contributed by atoms with van der Waals surface area (Å²) in [7, 11) is -18.5. The first-order chi connectivity index (χ1) is 32.1. The lowest BCUT2D eigenvalue weighted by molar-refractivity contribution is 0.481. The number of azo groups is 1. The van der Waals surface area contributed by atoms with E-state index < -0.39 is 50.3 Å². The minimum Gasteiger partial charge on any atom is -0.338 e. The quantitative estimate of drug-likeness (QED) is 0.0563. The lowest BCUT2D eigenvalue weighted by Gasteiger charge is -2.27. The zero-order chi connectivity index (χ0) is 50.3. The van der Waals surface area contributed by atoms with Crippen LogP contribution in [0.15, 0.2) is 96.5 Å². The summed E-state index contributed by atoms with van der Waals surface area (Å²) >= 11 is 1.99. The number of hydrogen-bond acceptors (Lipinski definition) is 19. The van der Waals surface area contributed by atoms with E-state index in [2.05, 4.69) is 31.7 Å². The van der Waals surface area contributed by atoms with Crippen LogP contribution in [0, 0.1) is 52.9 Å². The summed E-state index contributed by atoms with van der Waals surface area (Å²) < 4.78 is 138. The Morgan fingerprint density at radius 2 is 1.13 bits per heavy atom. The molecule has 5 N–H and O–H groups in total. The molecule has 8 aromatic rings. The zero-order valence-corrected chi connectivity index (χ0v) is 41.3. The van der Waals surface area contributed by atoms with Gasteiger partial charge in [0.2, 0.25) is 5.13 Å². The number of hydrogen-bond donors (Lipinski definition) is 5. The summed E-state index contributed by atoms with van der Waals surface area (Å²) in [5, 5.41) is 27.4. The second kappa shape index (κ2) is 17.4. The first-order valence-electron chi connectivity index (χ1n) is 19.6. The Kier molecular flexibility index (Phi) is 12.3. The molecule has 4 aromatic heterocycles. The van der Waals surface area contributed by atoms with Crippen LogP contribution >= 0.6 is 22.7 Å². The number of benzene rings is 4. The number of aryl methyl sites for hydroxylation is 6. The predicted molar refractivity (Wildman–Crippen MR) is 255 cm³/mol. The first-order valence-corrected chi connectivity index (χ1v) is 27.0. The Labute approximate surface area is 401 Å². The fourth-order valence-corrected chi connectivity index (χ4v) is 11.8. The number of anilines is 5. The third-order valence-corrected chi connectivity index (χ3v) is 15.8. The Morgan fingerprint density at radius 1 is 0.623 bits per heavy atom. The number of nitrogens with zero attached hydrogens (tertiary/aromatic N) is 9. The monoisotopic (exact) mass is 1050 g/mol. The van der Waals surface area contributed by atoms with Crippen LogP contribution in [0.25, 0.3) is 25.6 Å². The highest BCUT2D eigenvalue weighted by atomic mass is 32.2. The van der Waals surface area contributed by atoms with Gasteiger partial charge in [-0.3, -0.25) is 23.1 Å². The van der Waals surface area contributed by atoms with Crippen molar-refractivity contribution < 1.29 is 51.9 Å². The van der Waals surface area contributed by atoms with Crippen molar-refractivity contribution in [2.24, 2.45) is 10.2 Å². The van der Waals surface area contributed by atoms with Gasteiger partial charge in [0.25, 0.3) is 40.5 Å². The molecule has 0 bridgehead atoms. The summed E-state index contributed by atoms with van der Waals surface area (Å²) in [5.74, 6) is -0.00637. The summed E-state index contributed by atoms with van der Waals surface area (Å²) in [6.07, 6.45) is 0. The van der Waals surface area contributed by atoms with Crippen LogP contribution in [0.4, 0.5) is 39.6 Å². The molecule has 0 radical (unpaired) electrons. The van der Waals surface area contributed by atoms with Crippen molar-refractivity contribution >= 4 is 123 Å². The number of nitriles is 1. The van der Waals surface area contributed by atoms with Crippen molar-refractivity contribution in [2.45, 2.75) is 61.1 Å². The molecule has 0 aliphatic heterocycles. The molecule has 0 aliphatic rings. The van der Waals surface area contributed by atoms with E-state index in [-0.39, 0.29) is 54.5 Å². The maximum Gasteiger partial charge on any atom is 0.294 e. The number of rotatable bonds is 12. The number of nitrogens with one attached hydrogen (secondary N) is 1. The van der Waals surface area contributed by atoms with Gasteiger partial charge in [-0.25, -0.2) is 15.0 Å². The lowest BCUT2D eigenvalue weighted by atomic mass is 10.1. The molecule has 0 saturated heterocycles. The van der Waals surface area contributed by atoms with Crippen molar-refractivity contribution in [3.8, 4) is 11.2 Å². The second-order valence-electron chi connectivity index (χ2n) is 15.5. The Morgan fingerprint density at radius 3 is 1.65 bits per heavy atom. The predicted octanol–water partition coefficient (Wildman–Crippen LogP) is 8.82. The molecule has 0 amide bonds. The SMILES string of the molecule is Cc1cc(N(c2nc3ccc(S(=O)(=O)O)cc3s2)c2c(C)cc(S(=O)(=O)O)cc2C)nc(Nc2c(C)cc(S(=O)(=O)O)cc2C)c1N=Nc1c(C#N)c(C)nn1-c1nc2ccc(S(=O)(=O)O)cc2s1. The topological polar surface area (TPSA) is 338 Å². The van der Waals surface area contributed by atoms with Crippen molar-refractivity contribution in [1.82, 2.24) is 24.7 Å². The minimum absolute atomic E-state index is 0.000629. The van der Waals surface area contributed by atoms with E-state index in [1.807, 2.05) is 0 Å². The van der Waals surface area contributed by atoms with Crippen LogP contribution in [0.1, 0.15) is 39.1 Å². The number of pyridine rings is 1. The summed E-state index contributed by atoms with van der Waals surface area (Å²) in [6.45, 7) is 9.54. The molecule has 4 heterocycles. The van der Waals surface area contributed by atoms with Gasteiger partial charge in [0.15, 0.2) is 16.8 Å². The van der Waals surface area contributed by atoms with Gasteiger partial charge in [0, 0.05) is 5.69 Å². The van der Waals surface area contributed by atoms with Crippen LogP contribution in [0.3, 0.4) is 0 Å². The molecule has 356 valence electrons. The highest BCUT2D eigenvalue weighted by Crippen LogP contribution is 2.46. The van der Waals surface area contributed by atoms with Crippen molar-refractivity contribution in [1.29, 1.82) is 5.26 Å². The molecule has 22 nitrogen and oxygen atoms in total. The highest BCUT2D eigenvalue weighted by Gasteiger charge is 2.28. The largest absolute Gasteiger partial charge is 0.338 e. The maximum absolute atomic E-state index is 12.3. The number of thiazole rings is 2. The van der Waals surface area contributed by atoms with Gasteiger partial charge >= 0.3 is 0 Å². The summed E-state index contributed by atoms with van der Waals surface area (Å²) in [5.41, 5.74) is 3.31. The van der Waals surface area contributed by atoms with E-state index in [4.69, 9.17) is 9.97 Å². The van der Waals surface area contributed by atoms with Gasteiger partial charge in [0.1, 0.15) is 23.1 Å². The maximum atomic E-state index is 12.3. The van der Waals surface area contributed by atoms with E-state index in [1.54, 1.807) is 52.5 Å². The van der Waals surface area contributed by atoms with Crippen LogP contribution in [0.5, 0.6) is 0 Å². The van der Waals surface area contributed by atoms with Gasteiger partial charge in [-0.05, 0) is 136 Å². The van der Waals surface area contributed by atoms with Crippen LogP contribution in [-0.2, 0) is 40.5 Å². The molecule has 0 unspecified atom stereocenters. The molecule has 0 saturated carbocycles. The summed E-state index contributed by atoms with van der Waals surface area (Å²) in [6, 6.07) is 16.2. The first kappa shape index (κ1) is 48.8. The van der Waals surface area contributed by atoms with E-state index >= 15 is 0 Å². The third-order valence-electron chi connectivity index (χ3n) is 10.5. The molecule has 0 spiro atoms. The second-order valence-corrected chi connectivity index (χ2v) is 23.2. The molecule has 69 heavy (non-hydrogen) atoms. The molecule has 0 atom stereocenters. The summed E-state index contributed by atoms with van der Waals surface area (Å²) in [4.78, 5) is 14.3. The van der Waals surface area contributed by atoms with Crippen LogP contribution < -0.4 is 10.2 Å². The fraction of sp³-hybridized carbons (Fsp3) is 0.146. The molecule has 0 fully saturated rings. The molecule has 0 aliphatic carbocycles. The zero-order valence-electron chi connectivity index (χ0n) is 36.4. The van der Waals surface area contributed by atoms with Crippen LogP contribution in [0.2, 0.25) is 0 Å². The van der Waals surface area contributed by atoms with E-state index in [1.165, 1.54) is 65.3 Å². The van der Waals surface area contributed by atoms with Gasteiger partial charge in [0.05, 0.1) is 51.4 Å². The standard InChI is InChI=1S/C41H34N10O12S6/c1-19-11-27(68(58,59)60)12-20(2)35(19)46-38-36(47-48-39-29(18-42)24(6)49-51(39)41-44-31-10-8-26(67(55,56)57)17-33(31)65-41)21(3)15-34(45-38)50(37-22(4)13-28(14-23(37)5)69(61,62)63)40-43-30-9-7-25(66(52,53)54)16-32(30)64-40/h7-17H,1-6H3,(H,45,46)(H,52,53,54)(H,55,56,57)(H,58,59,60)(H,61,62,63). The number of fused-ring (bicyclic) bond motifs is 2. The van der Waals surface area contributed by atoms with Crippen molar-refractivity contribution in [3.63, 3.8) is 0 Å². The van der Waals surface area contributed by atoms with E-state index in [0.29, 0.717) is 59.6 Å². The Balaban J connectivity index is 1.37. The Hall–Kier alpha value is -6.65. The third kappa shape index (κ3) is 9.56. The van der Waals surface area contributed by atoms with Crippen molar-refractivity contribution in [3.05, 3.63) is 106 Å². The molecule has 28 heteroatoms. The normalized spacial score (nSPS) is 12.6. The van der Waals surface area contributed by atoms with Gasteiger partial charge in [-0.1, -0.05) is 22.7 Å². The van der Waals surface area contributed by atoms with E-state index in [9.17, 15) is 57.1 Å². The van der Waals surface area contributed by atoms with Gasteiger partial charge in [-0.2, -0.15) is 48.7 Å². The van der Waals surface area contributed by atoms with Crippen LogP contribution in [-0.4, -0.2) is 76.6 Å². The van der Waals surface area contributed by atoms with Gasteiger partial charge in [-0.15, -0.1) is 10.2 Å². The molecular weight excluding hydrogens is 1020 g/mol. The minimum atomic E-state index is -4.68. The smallest absolute Gasteiger partial charge is 0.294 e. The average molecular weight is 1050 g/mol. The molecule has 4 aromatic carbocycles. The molecular formula is C41H34N10O12S6. The van der Waals surface area contributed by atoms with Gasteiger partial charge < -0.3 is 5.32 Å².